The summed E-state index contributed by atoms with van der Waals surface area (Å²) in [4.78, 5) is 62.0. The van der Waals surface area contributed by atoms with Gasteiger partial charge in [-0.1, -0.05) is 44.7 Å². The van der Waals surface area contributed by atoms with Crippen LogP contribution in [-0.4, -0.2) is 147 Å². The van der Waals surface area contributed by atoms with Crippen molar-refractivity contribution in [2.45, 2.75) is 128 Å². The highest BCUT2D eigenvalue weighted by Crippen LogP contribution is 2.41. The predicted molar refractivity (Wildman–Crippen MR) is 272 cm³/mol. The van der Waals surface area contributed by atoms with Crippen LogP contribution in [-0.2, 0) is 32.0 Å². The number of benzene rings is 2. The van der Waals surface area contributed by atoms with Gasteiger partial charge in [-0.25, -0.2) is 28.4 Å². The molecule has 0 radical (unpaired) electrons. The van der Waals surface area contributed by atoms with E-state index >= 15 is 8.78 Å². The Morgan fingerprint density at radius 2 is 1.45 bits per heavy atom. The van der Waals surface area contributed by atoms with Crippen molar-refractivity contribution in [1.29, 1.82) is 0 Å². The van der Waals surface area contributed by atoms with Crippen LogP contribution in [0.25, 0.3) is 11.3 Å². The molecule has 6 atom stereocenters. The molecule has 4 amide bonds. The van der Waals surface area contributed by atoms with Gasteiger partial charge in [-0.2, -0.15) is 18.3 Å². The van der Waals surface area contributed by atoms with Gasteiger partial charge in [0, 0.05) is 72.9 Å². The zero-order valence-corrected chi connectivity index (χ0v) is 43.7. The van der Waals surface area contributed by atoms with Gasteiger partial charge >= 0.3 is 18.4 Å². The van der Waals surface area contributed by atoms with Crippen molar-refractivity contribution in [3.05, 3.63) is 101 Å². The van der Waals surface area contributed by atoms with Gasteiger partial charge in [-0.05, 0) is 99.4 Å². The number of halogens is 5. The first kappa shape index (κ1) is 56.3. The highest BCUT2D eigenvalue weighted by atomic mass is 19.4. The molecular weight excluding hydrogens is 1010 g/mol. The number of fused-ring (bicyclic) bond motifs is 2. The Balaban J connectivity index is 1.04. The van der Waals surface area contributed by atoms with E-state index in [1.54, 1.807) is 68.2 Å². The lowest BCUT2D eigenvalue weighted by molar-refractivity contribution is -0.220. The van der Waals surface area contributed by atoms with E-state index in [9.17, 15) is 42.6 Å². The summed E-state index contributed by atoms with van der Waals surface area (Å²) in [6.07, 6.45) is -2.58. The molecule has 414 valence electrons. The molecule has 23 heteroatoms. The minimum Gasteiger partial charge on any atom is -0.465 e. The van der Waals surface area contributed by atoms with Crippen LogP contribution in [0.5, 0.6) is 0 Å². The molecule has 1 aliphatic carbocycles. The number of methoxy groups -OCH3 is 1. The molecule has 4 aliphatic rings. The standard InChI is InChI=1S/C54H65F5N10O8/c1-52(2,3)46(62-50(73)74)49(72)65-67(27-39-40(55)22-34(23-41(39)56)42-19-20-68(64-42)35-14-15-35)28-44(70)43(61-48(71)47(63-51(75)76-6)53(4,5)54(57,58)59)21-32-10-7-31(8-11-32)9-12-33-13-18-45(60-24-33)66-25-36-16-17-37(26-66)69(36)38-29-77-30-38/h7-8,10-11,13,18-20,22-24,35-38,43-44,46-47,62,70H,14-17,21,25-30H2,1-6H3,(H,61,71)(H,63,75)(H,65,72)(H,73,74). The van der Waals surface area contributed by atoms with Gasteiger partial charge in [-0.3, -0.25) is 24.6 Å². The number of carbonyl (C=O) groups excluding carboxylic acids is 3. The number of rotatable bonds is 18. The number of pyridine rings is 1. The summed E-state index contributed by atoms with van der Waals surface area (Å²) in [5.41, 5.74) is -0.0191. The number of aromatic nitrogens is 3. The second-order valence-corrected chi connectivity index (χ2v) is 21.9. The summed E-state index contributed by atoms with van der Waals surface area (Å²) >= 11 is 0. The van der Waals surface area contributed by atoms with Crippen LogP contribution in [0.3, 0.4) is 0 Å². The quantitative estimate of drug-likeness (QED) is 0.0388. The number of alkyl halides is 3. The SMILES string of the molecule is COC(=O)NC(C(=O)NC(Cc1ccc(C#Cc2ccc(N3CC4CCC(C3)N4C3COC3)nc2)cc1)C(O)CN(Cc1c(F)cc(-c2ccn(C3CC3)n2)cc1F)NC(=O)C(NC(=O)O)C(C)(C)C)C(C)(C)C(F)(F)F. The summed E-state index contributed by atoms with van der Waals surface area (Å²) in [7, 11) is 0.900. The number of nitrogens with zero attached hydrogens (tertiary/aromatic N) is 6. The summed E-state index contributed by atoms with van der Waals surface area (Å²) in [5.74, 6) is 2.58. The molecule has 3 saturated heterocycles. The molecule has 2 aromatic carbocycles. The lowest BCUT2D eigenvalue weighted by Gasteiger charge is -2.47. The zero-order chi connectivity index (χ0) is 55.6. The average Bonchev–Trinajstić information content (AvgIpc) is 4.04. The Bertz CT molecular complexity index is 2810. The van der Waals surface area contributed by atoms with Crippen LogP contribution in [0, 0.1) is 34.3 Å². The molecule has 18 nitrogen and oxygen atoms in total. The van der Waals surface area contributed by atoms with Crippen molar-refractivity contribution < 1.29 is 60.8 Å². The summed E-state index contributed by atoms with van der Waals surface area (Å²) in [5, 5.41) is 33.7. The van der Waals surface area contributed by atoms with Crippen LogP contribution < -0.4 is 26.3 Å². The predicted octanol–water partition coefficient (Wildman–Crippen LogP) is 5.93. The molecule has 6 N–H and O–H groups in total. The molecule has 8 rings (SSSR count). The second-order valence-electron chi connectivity index (χ2n) is 21.9. The largest absolute Gasteiger partial charge is 0.465 e. The number of amides is 4. The lowest BCUT2D eigenvalue weighted by Crippen LogP contribution is -2.63. The topological polar surface area (TPSA) is 216 Å². The van der Waals surface area contributed by atoms with E-state index in [0.717, 1.165) is 82.1 Å². The van der Waals surface area contributed by atoms with E-state index in [1.807, 2.05) is 17.4 Å². The van der Waals surface area contributed by atoms with E-state index in [4.69, 9.17) is 9.72 Å². The number of aliphatic hydroxyl groups is 1. The maximum atomic E-state index is 16.1. The van der Waals surface area contributed by atoms with Crippen LogP contribution in [0.2, 0.25) is 0 Å². The smallest absolute Gasteiger partial charge is 0.407 e. The monoisotopic (exact) mass is 1080 g/mol. The number of piperazine rings is 1. The fourth-order valence-electron chi connectivity index (χ4n) is 10.00. The molecule has 3 aliphatic heterocycles. The molecule has 77 heavy (non-hydrogen) atoms. The number of aliphatic hydroxyl groups excluding tert-OH is 1. The minimum atomic E-state index is -5.06. The zero-order valence-electron chi connectivity index (χ0n) is 43.7. The highest BCUT2D eigenvalue weighted by molar-refractivity contribution is 5.87. The van der Waals surface area contributed by atoms with Crippen molar-refractivity contribution in [2.75, 3.05) is 44.9 Å². The van der Waals surface area contributed by atoms with Gasteiger partial charge in [0.15, 0.2) is 0 Å². The first-order valence-corrected chi connectivity index (χ1v) is 25.5. The Hall–Kier alpha value is -6.87. The van der Waals surface area contributed by atoms with E-state index in [2.05, 4.69) is 47.5 Å². The highest BCUT2D eigenvalue weighted by Gasteiger charge is 2.56. The molecule has 2 aromatic heterocycles. The van der Waals surface area contributed by atoms with Gasteiger partial charge in [0.25, 0.3) is 5.91 Å². The van der Waals surface area contributed by atoms with E-state index in [1.165, 1.54) is 0 Å². The van der Waals surface area contributed by atoms with Crippen LogP contribution >= 0.6 is 0 Å². The van der Waals surface area contributed by atoms with Gasteiger partial charge < -0.3 is 40.5 Å². The van der Waals surface area contributed by atoms with Crippen LogP contribution in [0.15, 0.2) is 67.0 Å². The third kappa shape index (κ3) is 13.5. The van der Waals surface area contributed by atoms with Crippen LogP contribution in [0.1, 0.15) is 88.6 Å². The summed E-state index contributed by atoms with van der Waals surface area (Å²) in [6, 6.07) is 10.4. The van der Waals surface area contributed by atoms with E-state index < -0.39 is 95.5 Å². The third-order valence-electron chi connectivity index (χ3n) is 14.8. The van der Waals surface area contributed by atoms with Crippen LogP contribution in [0.4, 0.5) is 37.4 Å². The van der Waals surface area contributed by atoms with E-state index in [0.29, 0.717) is 54.4 Å². The molecule has 2 bridgehead atoms. The van der Waals surface area contributed by atoms with Crippen molar-refractivity contribution in [1.82, 2.24) is 46.0 Å². The number of anilines is 1. The lowest BCUT2D eigenvalue weighted by atomic mass is 9.82. The third-order valence-corrected chi connectivity index (χ3v) is 14.8. The molecule has 6 unspecified atom stereocenters. The summed E-state index contributed by atoms with van der Waals surface area (Å²) in [6.45, 7) is 7.88. The van der Waals surface area contributed by atoms with E-state index in [-0.39, 0.29) is 18.0 Å². The number of hydrogen-bond acceptors (Lipinski definition) is 12. The molecule has 1 saturated carbocycles. The number of hydrogen-bond donors (Lipinski definition) is 6. The maximum absolute atomic E-state index is 16.1. The fourth-order valence-corrected chi connectivity index (χ4v) is 10.00. The first-order chi connectivity index (χ1) is 36.4. The van der Waals surface area contributed by atoms with Gasteiger partial charge in [0.2, 0.25) is 5.91 Å². The Kier molecular flexibility index (Phi) is 16.8. The normalized spacial score (nSPS) is 19.5. The molecular formula is C54H65F5N10O8. The number of alkyl carbamates (subject to hydrolysis) is 1. The van der Waals surface area contributed by atoms with Crippen molar-refractivity contribution in [3.8, 4) is 23.1 Å². The maximum Gasteiger partial charge on any atom is 0.407 e. The van der Waals surface area contributed by atoms with Crippen molar-refractivity contribution in [3.63, 3.8) is 0 Å². The van der Waals surface area contributed by atoms with Gasteiger partial charge in [-0.15, -0.1) is 0 Å². The first-order valence-electron chi connectivity index (χ1n) is 25.5. The average molecular weight is 1080 g/mol. The molecule has 5 heterocycles. The number of ether oxygens (including phenoxy) is 2. The van der Waals surface area contributed by atoms with Gasteiger partial charge in [0.1, 0.15) is 29.5 Å². The van der Waals surface area contributed by atoms with Gasteiger partial charge in [0.05, 0.1) is 55.7 Å². The Morgan fingerprint density at radius 1 is 0.831 bits per heavy atom. The minimum absolute atomic E-state index is 0.117. The number of hydrazine groups is 1. The number of carbonyl (C=O) groups is 4. The Morgan fingerprint density at radius 3 is 2.00 bits per heavy atom. The number of nitrogens with one attached hydrogen (secondary N) is 4. The summed E-state index contributed by atoms with van der Waals surface area (Å²) < 4.78 is 87.7. The fraction of sp³-hybridized carbons (Fsp3) is 0.519. The molecule has 4 aromatic rings. The molecule has 0 spiro atoms. The second kappa shape index (κ2) is 23.0. The Labute approximate surface area is 443 Å². The van der Waals surface area contributed by atoms with Crippen molar-refractivity contribution in [2.24, 2.45) is 10.8 Å². The molecule has 4 fully saturated rings. The van der Waals surface area contributed by atoms with Crippen molar-refractivity contribution >= 4 is 29.8 Å². The number of carboxylic acid groups (broad SMARTS) is 1.